The van der Waals surface area contributed by atoms with Gasteiger partial charge >= 0.3 is 0 Å². The smallest absolute Gasteiger partial charge is 0.226 e. The summed E-state index contributed by atoms with van der Waals surface area (Å²) in [4.78, 5) is 24.9. The van der Waals surface area contributed by atoms with Gasteiger partial charge in [0.05, 0.1) is 25.0 Å². The van der Waals surface area contributed by atoms with Crippen molar-refractivity contribution in [3.8, 4) is 0 Å². The molecule has 0 spiro atoms. The minimum absolute atomic E-state index is 0.0340. The molecule has 2 aliphatic heterocycles. The molecule has 2 saturated heterocycles. The van der Waals surface area contributed by atoms with Crippen LogP contribution in [0, 0.1) is 18.8 Å². The fourth-order valence-electron chi connectivity index (χ4n) is 3.40. The third-order valence-corrected chi connectivity index (χ3v) is 4.96. The van der Waals surface area contributed by atoms with Gasteiger partial charge in [-0.05, 0) is 44.7 Å². The van der Waals surface area contributed by atoms with Gasteiger partial charge in [-0.15, -0.1) is 0 Å². The summed E-state index contributed by atoms with van der Waals surface area (Å²) in [5, 5.41) is 5.96. The van der Waals surface area contributed by atoms with E-state index in [1.54, 1.807) is 0 Å². The third kappa shape index (κ3) is 5.08. The summed E-state index contributed by atoms with van der Waals surface area (Å²) in [6.45, 7) is 4.49. The van der Waals surface area contributed by atoms with Crippen LogP contribution in [-0.2, 0) is 19.1 Å². The van der Waals surface area contributed by atoms with Crippen LogP contribution in [-0.4, -0.2) is 44.8 Å². The van der Waals surface area contributed by atoms with Crippen LogP contribution in [0.15, 0.2) is 16.5 Å². The lowest BCUT2D eigenvalue weighted by atomic mass is 10.0. The number of carbonyl (C=O) groups excluding carboxylic acids is 2. The van der Waals surface area contributed by atoms with Gasteiger partial charge in [-0.25, -0.2) is 0 Å². The van der Waals surface area contributed by atoms with E-state index in [9.17, 15) is 9.59 Å². The molecular weight excluding hydrogens is 336 g/mol. The van der Waals surface area contributed by atoms with Crippen LogP contribution in [0.1, 0.15) is 43.2 Å². The molecule has 26 heavy (non-hydrogen) atoms. The van der Waals surface area contributed by atoms with E-state index < -0.39 is 6.04 Å². The van der Waals surface area contributed by atoms with Crippen molar-refractivity contribution in [3.63, 3.8) is 0 Å². The van der Waals surface area contributed by atoms with E-state index in [0.29, 0.717) is 32.1 Å². The molecular formula is C19H28N2O5. The maximum absolute atomic E-state index is 12.6. The summed E-state index contributed by atoms with van der Waals surface area (Å²) in [5.41, 5.74) is 0. The fourth-order valence-corrected chi connectivity index (χ4v) is 3.40. The summed E-state index contributed by atoms with van der Waals surface area (Å²) in [6.07, 6.45) is 3.45. The minimum atomic E-state index is -0.397. The zero-order valence-corrected chi connectivity index (χ0v) is 15.3. The second kappa shape index (κ2) is 9.19. The van der Waals surface area contributed by atoms with Gasteiger partial charge in [0.15, 0.2) is 0 Å². The first-order valence-electron chi connectivity index (χ1n) is 9.43. The molecule has 3 atom stereocenters. The summed E-state index contributed by atoms with van der Waals surface area (Å²) in [5.74, 6) is 1.06. The second-order valence-electron chi connectivity index (χ2n) is 7.08. The quantitative estimate of drug-likeness (QED) is 0.802. The average molecular weight is 364 g/mol. The molecule has 7 heteroatoms. The normalized spacial score (nSPS) is 24.7. The van der Waals surface area contributed by atoms with Crippen molar-refractivity contribution in [1.82, 2.24) is 10.6 Å². The number of furan rings is 1. The zero-order valence-electron chi connectivity index (χ0n) is 15.3. The first kappa shape index (κ1) is 18.9. The molecule has 3 heterocycles. The number of ether oxygens (including phenoxy) is 2. The Morgan fingerprint density at radius 1 is 1.08 bits per heavy atom. The van der Waals surface area contributed by atoms with Gasteiger partial charge in [0.25, 0.3) is 0 Å². The molecule has 0 unspecified atom stereocenters. The number of hydrogen-bond acceptors (Lipinski definition) is 5. The van der Waals surface area contributed by atoms with E-state index in [4.69, 9.17) is 13.9 Å². The molecule has 0 aliphatic carbocycles. The molecule has 144 valence electrons. The van der Waals surface area contributed by atoms with Gasteiger partial charge in [0.1, 0.15) is 17.6 Å². The Bertz CT molecular complexity index is 603. The van der Waals surface area contributed by atoms with Crippen LogP contribution >= 0.6 is 0 Å². The number of nitrogens with one attached hydrogen (secondary N) is 2. The third-order valence-electron chi connectivity index (χ3n) is 4.96. The van der Waals surface area contributed by atoms with Gasteiger partial charge < -0.3 is 24.5 Å². The van der Waals surface area contributed by atoms with Crippen molar-refractivity contribution in [2.24, 2.45) is 11.8 Å². The lowest BCUT2D eigenvalue weighted by molar-refractivity contribution is -0.131. The van der Waals surface area contributed by atoms with Crippen LogP contribution in [0.2, 0.25) is 0 Å². The van der Waals surface area contributed by atoms with Crippen LogP contribution < -0.4 is 10.6 Å². The SMILES string of the molecule is Cc1ccc([C@H](CNC(=O)[C@@H]2CCCOC2)NC(=O)[C@@H]2CCCOC2)o1. The van der Waals surface area contributed by atoms with Crippen LogP contribution in [0.4, 0.5) is 0 Å². The Morgan fingerprint density at radius 2 is 1.73 bits per heavy atom. The van der Waals surface area contributed by atoms with E-state index in [0.717, 1.165) is 38.1 Å². The number of carbonyl (C=O) groups is 2. The predicted octanol–water partition coefficient (Wildman–Crippen LogP) is 1.71. The Hall–Kier alpha value is -1.86. The van der Waals surface area contributed by atoms with Crippen LogP contribution in [0.3, 0.4) is 0 Å². The molecule has 2 aliphatic rings. The first-order chi connectivity index (χ1) is 12.6. The fraction of sp³-hybridized carbons (Fsp3) is 0.684. The van der Waals surface area contributed by atoms with Gasteiger partial charge in [-0.2, -0.15) is 0 Å². The monoisotopic (exact) mass is 364 g/mol. The molecule has 1 aromatic heterocycles. The van der Waals surface area contributed by atoms with Crippen molar-refractivity contribution in [3.05, 3.63) is 23.7 Å². The summed E-state index contributed by atoms with van der Waals surface area (Å²) < 4.78 is 16.5. The van der Waals surface area contributed by atoms with Gasteiger partial charge in [0, 0.05) is 19.8 Å². The van der Waals surface area contributed by atoms with Crippen molar-refractivity contribution < 1.29 is 23.5 Å². The summed E-state index contributed by atoms with van der Waals surface area (Å²) >= 11 is 0. The van der Waals surface area contributed by atoms with E-state index in [-0.39, 0.29) is 23.7 Å². The van der Waals surface area contributed by atoms with Crippen molar-refractivity contribution >= 4 is 11.8 Å². The average Bonchev–Trinajstić information content (AvgIpc) is 3.12. The van der Waals surface area contributed by atoms with Crippen molar-refractivity contribution in [2.45, 2.75) is 38.6 Å². The number of amides is 2. The highest BCUT2D eigenvalue weighted by atomic mass is 16.5. The van der Waals surface area contributed by atoms with Gasteiger partial charge in [0.2, 0.25) is 11.8 Å². The van der Waals surface area contributed by atoms with Crippen LogP contribution in [0.5, 0.6) is 0 Å². The Kier molecular flexibility index (Phi) is 6.68. The lowest BCUT2D eigenvalue weighted by Crippen LogP contribution is -2.44. The Labute approximate surface area is 153 Å². The predicted molar refractivity (Wildman–Crippen MR) is 94.4 cm³/mol. The maximum Gasteiger partial charge on any atom is 0.226 e. The van der Waals surface area contributed by atoms with E-state index in [2.05, 4.69) is 10.6 Å². The van der Waals surface area contributed by atoms with Gasteiger partial charge in [-0.3, -0.25) is 9.59 Å². The van der Waals surface area contributed by atoms with Crippen LogP contribution in [0.25, 0.3) is 0 Å². The zero-order chi connectivity index (χ0) is 18.4. The second-order valence-corrected chi connectivity index (χ2v) is 7.08. The molecule has 2 N–H and O–H groups in total. The number of hydrogen-bond donors (Lipinski definition) is 2. The molecule has 2 fully saturated rings. The highest BCUT2D eigenvalue weighted by Gasteiger charge is 2.27. The maximum atomic E-state index is 12.6. The molecule has 0 saturated carbocycles. The van der Waals surface area contributed by atoms with E-state index >= 15 is 0 Å². The van der Waals surface area contributed by atoms with E-state index in [1.165, 1.54) is 0 Å². The lowest BCUT2D eigenvalue weighted by Gasteiger charge is -2.26. The number of aryl methyl sites for hydroxylation is 1. The molecule has 0 radical (unpaired) electrons. The molecule has 0 aromatic carbocycles. The molecule has 1 aromatic rings. The molecule has 3 rings (SSSR count). The van der Waals surface area contributed by atoms with Crippen molar-refractivity contribution in [2.75, 3.05) is 33.0 Å². The van der Waals surface area contributed by atoms with Gasteiger partial charge in [-0.1, -0.05) is 0 Å². The Balaban J connectivity index is 1.59. The topological polar surface area (TPSA) is 89.8 Å². The molecule has 7 nitrogen and oxygen atoms in total. The molecule has 2 amide bonds. The highest BCUT2D eigenvalue weighted by molar-refractivity contribution is 5.80. The molecule has 0 bridgehead atoms. The summed E-state index contributed by atoms with van der Waals surface area (Å²) in [6, 6.07) is 3.30. The first-order valence-corrected chi connectivity index (χ1v) is 9.43. The van der Waals surface area contributed by atoms with Crippen molar-refractivity contribution in [1.29, 1.82) is 0 Å². The Morgan fingerprint density at radius 3 is 2.27 bits per heavy atom. The highest BCUT2D eigenvalue weighted by Crippen LogP contribution is 2.20. The largest absolute Gasteiger partial charge is 0.464 e. The van der Waals surface area contributed by atoms with E-state index in [1.807, 2.05) is 19.1 Å². The number of rotatable bonds is 6. The summed E-state index contributed by atoms with van der Waals surface area (Å²) in [7, 11) is 0. The standard InChI is InChI=1S/C19H28N2O5/c1-13-6-7-17(26-13)16(21-19(23)15-5-3-9-25-12-15)10-20-18(22)14-4-2-8-24-11-14/h6-7,14-16H,2-5,8-12H2,1H3,(H,20,22)(H,21,23)/t14-,15-,16+/m1/s1. The minimum Gasteiger partial charge on any atom is -0.464 e.